The molecule has 10 nitrogen and oxygen atoms in total. The number of nitrogens with one attached hydrogen (secondary N) is 1. The summed E-state index contributed by atoms with van der Waals surface area (Å²) in [5.74, 6) is -2.70. The minimum Gasteiger partial charge on any atom is -0.480 e. The maximum atomic E-state index is 11.8. The first-order valence-corrected chi connectivity index (χ1v) is 5.61. The van der Waals surface area contributed by atoms with E-state index in [0.29, 0.717) is 0 Å². The van der Waals surface area contributed by atoms with E-state index in [-0.39, 0.29) is 18.0 Å². The molecular formula is C10H11N5O5. The van der Waals surface area contributed by atoms with Crippen LogP contribution in [0.3, 0.4) is 0 Å². The van der Waals surface area contributed by atoms with Crippen LogP contribution in [0.5, 0.6) is 0 Å². The molecule has 106 valence electrons. The fourth-order valence-electron chi connectivity index (χ4n) is 1.72. The lowest BCUT2D eigenvalue weighted by Crippen LogP contribution is -2.40. The molecule has 1 fully saturated rings. The van der Waals surface area contributed by atoms with Crippen molar-refractivity contribution in [2.75, 3.05) is 7.05 Å². The largest absolute Gasteiger partial charge is 0.480 e. The van der Waals surface area contributed by atoms with Gasteiger partial charge >= 0.3 is 5.97 Å². The third-order valence-corrected chi connectivity index (χ3v) is 2.76. The molecule has 0 aliphatic carbocycles. The predicted octanol–water partition coefficient (Wildman–Crippen LogP) is -2.15. The molecule has 1 aromatic heterocycles. The molecular weight excluding hydrogens is 270 g/mol. The Labute approximate surface area is 112 Å². The van der Waals surface area contributed by atoms with Crippen molar-refractivity contribution in [3.8, 4) is 0 Å². The van der Waals surface area contributed by atoms with Gasteiger partial charge in [-0.2, -0.15) is 0 Å². The smallest absolute Gasteiger partial charge is 0.325 e. The minimum atomic E-state index is -1.12. The lowest BCUT2D eigenvalue weighted by molar-refractivity contribution is -0.138. The van der Waals surface area contributed by atoms with Gasteiger partial charge in [-0.15, -0.1) is 5.10 Å². The second kappa shape index (κ2) is 5.07. The molecule has 1 aromatic rings. The highest BCUT2D eigenvalue weighted by Crippen LogP contribution is 2.11. The van der Waals surface area contributed by atoms with Gasteiger partial charge in [0, 0.05) is 7.05 Å². The molecule has 1 unspecified atom stereocenters. The van der Waals surface area contributed by atoms with Gasteiger partial charge in [0.15, 0.2) is 5.69 Å². The van der Waals surface area contributed by atoms with E-state index in [9.17, 15) is 19.2 Å². The van der Waals surface area contributed by atoms with Crippen LogP contribution in [0.15, 0.2) is 6.20 Å². The van der Waals surface area contributed by atoms with Crippen LogP contribution >= 0.6 is 0 Å². The average Bonchev–Trinajstić information content (AvgIpc) is 2.91. The van der Waals surface area contributed by atoms with Crippen LogP contribution in [0, 0.1) is 0 Å². The maximum Gasteiger partial charge on any atom is 0.325 e. The first-order valence-electron chi connectivity index (χ1n) is 5.61. The number of carboxylic acids is 1. The fraction of sp³-hybridized carbons (Fsp3) is 0.400. The molecule has 2 heterocycles. The number of aromatic nitrogens is 3. The number of nitrogens with zero attached hydrogens (tertiary/aromatic N) is 4. The summed E-state index contributed by atoms with van der Waals surface area (Å²) >= 11 is 0. The second-order valence-electron chi connectivity index (χ2n) is 4.22. The molecule has 0 aromatic carbocycles. The summed E-state index contributed by atoms with van der Waals surface area (Å²) in [6, 6.07) is -0.926. The molecule has 2 N–H and O–H groups in total. The number of likely N-dealkylation sites (tertiary alicyclic amines) is 1. The Morgan fingerprint density at radius 1 is 1.50 bits per heavy atom. The quantitative estimate of drug-likeness (QED) is 0.601. The Balaban J connectivity index is 2.02. The van der Waals surface area contributed by atoms with Crippen LogP contribution in [0.25, 0.3) is 0 Å². The third kappa shape index (κ3) is 2.63. The molecule has 0 spiro atoms. The standard InChI is InChI=1S/C10H11N5O5/c1-14-7(16)2-5(10(14)20)11-9(19)6-3-15(13-12-6)4-8(17)18/h3,5H,2,4H2,1H3,(H,11,19)(H,17,18). The summed E-state index contributed by atoms with van der Waals surface area (Å²) in [7, 11) is 1.33. The highest BCUT2D eigenvalue weighted by atomic mass is 16.4. The topological polar surface area (TPSA) is 134 Å². The number of rotatable bonds is 4. The van der Waals surface area contributed by atoms with E-state index < -0.39 is 30.4 Å². The summed E-state index contributed by atoms with van der Waals surface area (Å²) in [5, 5.41) is 17.9. The van der Waals surface area contributed by atoms with Crippen LogP contribution in [0.1, 0.15) is 16.9 Å². The number of hydrogen-bond acceptors (Lipinski definition) is 6. The molecule has 0 bridgehead atoms. The lowest BCUT2D eigenvalue weighted by Gasteiger charge is -2.09. The van der Waals surface area contributed by atoms with Crippen LogP contribution in [0.4, 0.5) is 0 Å². The number of carbonyl (C=O) groups is 4. The number of amides is 3. The normalized spacial score (nSPS) is 18.4. The molecule has 1 aliphatic rings. The second-order valence-corrected chi connectivity index (χ2v) is 4.22. The molecule has 1 saturated heterocycles. The molecule has 0 radical (unpaired) electrons. The molecule has 2 rings (SSSR count). The van der Waals surface area contributed by atoms with Gasteiger partial charge < -0.3 is 10.4 Å². The van der Waals surface area contributed by atoms with E-state index in [2.05, 4.69) is 15.6 Å². The number of imide groups is 1. The minimum absolute atomic E-state index is 0.107. The van der Waals surface area contributed by atoms with E-state index in [4.69, 9.17) is 5.11 Å². The Bertz CT molecular complexity index is 595. The Morgan fingerprint density at radius 2 is 2.20 bits per heavy atom. The van der Waals surface area contributed by atoms with Crippen molar-refractivity contribution in [1.82, 2.24) is 25.2 Å². The Kier molecular flexibility index (Phi) is 3.46. The van der Waals surface area contributed by atoms with E-state index in [1.165, 1.54) is 7.05 Å². The number of carboxylic acid groups (broad SMARTS) is 1. The molecule has 10 heteroatoms. The molecule has 20 heavy (non-hydrogen) atoms. The van der Waals surface area contributed by atoms with Crippen molar-refractivity contribution in [3.05, 3.63) is 11.9 Å². The van der Waals surface area contributed by atoms with Crippen molar-refractivity contribution in [2.24, 2.45) is 0 Å². The highest BCUT2D eigenvalue weighted by molar-refractivity contribution is 6.07. The number of aliphatic carboxylic acids is 1. The summed E-state index contributed by atoms with van der Waals surface area (Å²) in [4.78, 5) is 46.1. The van der Waals surface area contributed by atoms with Gasteiger partial charge in [0.05, 0.1) is 12.6 Å². The van der Waals surface area contributed by atoms with Crippen LogP contribution < -0.4 is 5.32 Å². The van der Waals surface area contributed by atoms with Gasteiger partial charge in [0.25, 0.3) is 11.8 Å². The monoisotopic (exact) mass is 281 g/mol. The zero-order valence-corrected chi connectivity index (χ0v) is 10.4. The first-order chi connectivity index (χ1) is 9.38. The van der Waals surface area contributed by atoms with Gasteiger partial charge in [-0.25, -0.2) is 4.68 Å². The van der Waals surface area contributed by atoms with Crippen LogP contribution in [-0.4, -0.2) is 61.8 Å². The summed E-state index contributed by atoms with van der Waals surface area (Å²) in [6.07, 6.45) is 1.04. The average molecular weight is 281 g/mol. The van der Waals surface area contributed by atoms with Crippen molar-refractivity contribution >= 4 is 23.7 Å². The maximum absolute atomic E-state index is 11.8. The highest BCUT2D eigenvalue weighted by Gasteiger charge is 2.37. The predicted molar refractivity (Wildman–Crippen MR) is 61.3 cm³/mol. The molecule has 1 atom stereocenters. The zero-order chi connectivity index (χ0) is 14.9. The first kappa shape index (κ1) is 13.6. The van der Waals surface area contributed by atoms with E-state index in [1.54, 1.807) is 0 Å². The van der Waals surface area contributed by atoms with E-state index >= 15 is 0 Å². The lowest BCUT2D eigenvalue weighted by atomic mass is 10.2. The van der Waals surface area contributed by atoms with Gasteiger partial charge in [-0.3, -0.25) is 24.1 Å². The van der Waals surface area contributed by atoms with Gasteiger partial charge in [-0.1, -0.05) is 5.21 Å². The molecule has 3 amide bonds. The van der Waals surface area contributed by atoms with Gasteiger partial charge in [0.1, 0.15) is 12.6 Å². The van der Waals surface area contributed by atoms with Crippen molar-refractivity contribution in [3.63, 3.8) is 0 Å². The molecule has 0 saturated carbocycles. The summed E-state index contributed by atoms with van der Waals surface area (Å²) < 4.78 is 0.977. The number of likely N-dealkylation sites (N-methyl/N-ethyl adjacent to an activating group) is 1. The zero-order valence-electron chi connectivity index (χ0n) is 10.4. The fourth-order valence-corrected chi connectivity index (χ4v) is 1.72. The van der Waals surface area contributed by atoms with Crippen LogP contribution in [-0.2, 0) is 20.9 Å². The SMILES string of the molecule is CN1C(=O)CC(NC(=O)c2cn(CC(=O)O)nn2)C1=O. The third-order valence-electron chi connectivity index (χ3n) is 2.76. The Morgan fingerprint density at radius 3 is 2.75 bits per heavy atom. The Hall–Kier alpha value is -2.78. The van der Waals surface area contributed by atoms with Crippen LogP contribution in [0.2, 0.25) is 0 Å². The van der Waals surface area contributed by atoms with Crippen molar-refractivity contribution < 1.29 is 24.3 Å². The van der Waals surface area contributed by atoms with Crippen molar-refractivity contribution in [1.29, 1.82) is 0 Å². The number of hydrogen-bond donors (Lipinski definition) is 2. The number of carbonyl (C=O) groups excluding carboxylic acids is 3. The van der Waals surface area contributed by atoms with E-state index in [1.807, 2.05) is 0 Å². The van der Waals surface area contributed by atoms with Gasteiger partial charge in [-0.05, 0) is 0 Å². The summed E-state index contributed by atoms with van der Waals surface area (Å²) in [5.41, 5.74) is -0.124. The van der Waals surface area contributed by atoms with Crippen molar-refractivity contribution in [2.45, 2.75) is 19.0 Å². The van der Waals surface area contributed by atoms with E-state index in [0.717, 1.165) is 15.8 Å². The van der Waals surface area contributed by atoms with Gasteiger partial charge in [0.2, 0.25) is 5.91 Å². The molecule has 1 aliphatic heterocycles. The summed E-state index contributed by atoms with van der Waals surface area (Å²) in [6.45, 7) is -0.427.